The van der Waals surface area contributed by atoms with Gasteiger partial charge in [0.25, 0.3) is 11.8 Å². The molecular weight excluding hydrogens is 496 g/mol. The number of alkyl carbamates (subject to hydrolysis) is 1. The number of ether oxygens (including phenoxy) is 1. The predicted octanol–water partition coefficient (Wildman–Crippen LogP) is 3.33. The van der Waals surface area contributed by atoms with Crippen molar-refractivity contribution in [3.8, 4) is 11.1 Å². The van der Waals surface area contributed by atoms with Crippen LogP contribution in [0.3, 0.4) is 0 Å². The molecule has 0 fully saturated rings. The van der Waals surface area contributed by atoms with Crippen molar-refractivity contribution in [3.05, 3.63) is 96.1 Å². The number of carbonyl (C=O) groups is 3. The number of carbonyl (C=O) groups excluding carboxylic acids is 3. The zero-order chi connectivity index (χ0) is 28.6. The summed E-state index contributed by atoms with van der Waals surface area (Å²) in [5.41, 5.74) is 8.77. The summed E-state index contributed by atoms with van der Waals surface area (Å²) < 4.78 is 4.71. The van der Waals surface area contributed by atoms with Gasteiger partial charge >= 0.3 is 6.09 Å². The maximum absolute atomic E-state index is 13.5. The molecule has 2 atom stereocenters. The fraction of sp³-hybridized carbons (Fsp3) is 0.300. The molecule has 0 aliphatic rings. The van der Waals surface area contributed by atoms with Gasteiger partial charge in [-0.1, -0.05) is 99.6 Å². The first-order valence-corrected chi connectivity index (χ1v) is 12.6. The quantitative estimate of drug-likeness (QED) is 0.296. The van der Waals surface area contributed by atoms with Crippen LogP contribution in [0.1, 0.15) is 31.9 Å². The summed E-state index contributed by atoms with van der Waals surface area (Å²) in [5.74, 6) is -1.52. The van der Waals surface area contributed by atoms with E-state index in [9.17, 15) is 19.5 Å². The molecule has 9 nitrogen and oxygen atoms in total. The number of hydrogen-bond donors (Lipinski definition) is 4. The molecule has 0 saturated carbocycles. The third-order valence-corrected chi connectivity index (χ3v) is 6.33. The van der Waals surface area contributed by atoms with E-state index in [4.69, 9.17) is 10.5 Å². The Labute approximate surface area is 228 Å². The Kier molecular flexibility index (Phi) is 9.45. The molecule has 5 N–H and O–H groups in total. The lowest BCUT2D eigenvalue weighted by Gasteiger charge is -2.35. The van der Waals surface area contributed by atoms with Crippen molar-refractivity contribution in [3.63, 3.8) is 0 Å². The van der Waals surface area contributed by atoms with Gasteiger partial charge in [0.05, 0.1) is 13.7 Å². The molecule has 39 heavy (non-hydrogen) atoms. The molecule has 0 radical (unpaired) electrons. The van der Waals surface area contributed by atoms with Crippen molar-refractivity contribution in [2.75, 3.05) is 13.7 Å². The molecule has 3 amide bonds. The highest BCUT2D eigenvalue weighted by Gasteiger charge is 2.40. The van der Waals surface area contributed by atoms with Gasteiger partial charge in [0.1, 0.15) is 6.04 Å². The minimum atomic E-state index is -2.11. The fourth-order valence-corrected chi connectivity index (χ4v) is 4.21. The molecule has 0 bridgehead atoms. The first kappa shape index (κ1) is 29.3. The van der Waals surface area contributed by atoms with Gasteiger partial charge in [0.15, 0.2) is 5.60 Å². The number of hydrazine groups is 1. The van der Waals surface area contributed by atoms with Crippen LogP contribution in [-0.4, -0.2) is 47.7 Å². The van der Waals surface area contributed by atoms with Crippen molar-refractivity contribution in [1.29, 1.82) is 0 Å². The Bertz CT molecular complexity index is 1280. The number of aliphatic hydroxyl groups is 1. The number of methoxy groups -OCH3 is 1. The summed E-state index contributed by atoms with van der Waals surface area (Å²) in [7, 11) is 1.21. The number of rotatable bonds is 10. The molecule has 0 saturated heterocycles. The topological polar surface area (TPSA) is 134 Å². The zero-order valence-electron chi connectivity index (χ0n) is 22.7. The van der Waals surface area contributed by atoms with Crippen molar-refractivity contribution in [2.45, 2.75) is 39.0 Å². The maximum atomic E-state index is 13.5. The Hall–Kier alpha value is -4.21. The third-order valence-electron chi connectivity index (χ3n) is 6.33. The molecule has 0 aromatic heterocycles. The number of hydrogen-bond acceptors (Lipinski definition) is 6. The standard InChI is InChI=1S/C30H36N4O5/c1-29(2,3)25(32-28(37)39-4)26(35)33-34(20-30(38,27(31)36)24-16-9-6-10-17-24)19-21-12-11-15-23(18-21)22-13-7-5-8-14-22/h5-18,25,38H,19-20H2,1-4H3,(H2,31,36)(H,32,37)(H,33,35)/t25-,30-/m1/s1. The van der Waals surface area contributed by atoms with Crippen LogP contribution in [0.15, 0.2) is 84.9 Å². The Morgan fingerprint density at radius 3 is 2.08 bits per heavy atom. The normalized spacial score (nSPS) is 13.7. The summed E-state index contributed by atoms with van der Waals surface area (Å²) >= 11 is 0. The largest absolute Gasteiger partial charge is 0.453 e. The molecule has 0 heterocycles. The summed E-state index contributed by atoms with van der Waals surface area (Å²) in [6.07, 6.45) is -0.759. The van der Waals surface area contributed by atoms with Gasteiger partial charge in [0, 0.05) is 6.54 Å². The minimum Gasteiger partial charge on any atom is -0.453 e. The van der Waals surface area contributed by atoms with E-state index in [-0.39, 0.29) is 18.7 Å². The van der Waals surface area contributed by atoms with Gasteiger partial charge in [-0.2, -0.15) is 0 Å². The lowest BCUT2D eigenvalue weighted by atomic mass is 9.86. The van der Waals surface area contributed by atoms with Gasteiger partial charge < -0.3 is 20.9 Å². The van der Waals surface area contributed by atoms with E-state index in [0.717, 1.165) is 16.7 Å². The molecule has 3 aromatic rings. The summed E-state index contributed by atoms with van der Waals surface area (Å²) in [6.45, 7) is 5.17. The SMILES string of the molecule is COC(=O)N[C@H](C(=O)NN(Cc1cccc(-c2ccccc2)c1)C[C@](O)(C(N)=O)c1ccccc1)C(C)(C)C. The second-order valence-corrected chi connectivity index (χ2v) is 10.4. The Balaban J connectivity index is 1.98. The van der Waals surface area contributed by atoms with E-state index in [0.29, 0.717) is 0 Å². The summed E-state index contributed by atoms with van der Waals surface area (Å²) in [5, 5.41) is 15.5. The lowest BCUT2D eigenvalue weighted by molar-refractivity contribution is -0.144. The molecule has 3 rings (SSSR count). The van der Waals surface area contributed by atoms with Gasteiger partial charge in [-0.25, -0.2) is 9.80 Å². The van der Waals surface area contributed by atoms with E-state index in [1.807, 2.05) is 54.6 Å². The highest BCUT2D eigenvalue weighted by atomic mass is 16.5. The molecule has 206 valence electrons. The van der Waals surface area contributed by atoms with E-state index < -0.39 is 35.0 Å². The smallest absolute Gasteiger partial charge is 0.407 e. The molecule has 0 aliphatic heterocycles. The number of nitrogens with zero attached hydrogens (tertiary/aromatic N) is 1. The average molecular weight is 533 g/mol. The average Bonchev–Trinajstić information content (AvgIpc) is 2.91. The second-order valence-electron chi connectivity index (χ2n) is 10.4. The van der Waals surface area contributed by atoms with E-state index >= 15 is 0 Å². The zero-order valence-corrected chi connectivity index (χ0v) is 22.7. The van der Waals surface area contributed by atoms with Crippen LogP contribution in [0.5, 0.6) is 0 Å². The third kappa shape index (κ3) is 7.66. The van der Waals surface area contributed by atoms with Gasteiger partial charge in [-0.15, -0.1) is 0 Å². The molecule has 0 spiro atoms. The predicted molar refractivity (Wildman–Crippen MR) is 149 cm³/mol. The van der Waals surface area contributed by atoms with Gasteiger partial charge in [-0.3, -0.25) is 15.0 Å². The fourth-order valence-electron chi connectivity index (χ4n) is 4.21. The first-order chi connectivity index (χ1) is 18.4. The van der Waals surface area contributed by atoms with Gasteiger partial charge in [0.2, 0.25) is 0 Å². The second kappa shape index (κ2) is 12.6. The molecule has 3 aromatic carbocycles. The highest BCUT2D eigenvalue weighted by Crippen LogP contribution is 2.25. The lowest BCUT2D eigenvalue weighted by Crippen LogP contribution is -2.60. The van der Waals surface area contributed by atoms with Crippen molar-refractivity contribution in [1.82, 2.24) is 15.8 Å². The molecular formula is C30H36N4O5. The Morgan fingerprint density at radius 2 is 1.51 bits per heavy atom. The van der Waals surface area contributed by atoms with Crippen LogP contribution in [0, 0.1) is 5.41 Å². The van der Waals surface area contributed by atoms with Crippen LogP contribution in [0.2, 0.25) is 0 Å². The minimum absolute atomic E-state index is 0.129. The van der Waals surface area contributed by atoms with E-state index in [1.54, 1.807) is 51.1 Å². The number of primary amides is 1. The van der Waals surface area contributed by atoms with Crippen molar-refractivity contribution in [2.24, 2.45) is 11.1 Å². The van der Waals surface area contributed by atoms with Gasteiger partial charge in [-0.05, 0) is 33.7 Å². The number of benzene rings is 3. The van der Waals surface area contributed by atoms with Crippen LogP contribution >= 0.6 is 0 Å². The number of amides is 3. The van der Waals surface area contributed by atoms with Crippen LogP contribution in [-0.2, 0) is 26.5 Å². The van der Waals surface area contributed by atoms with Crippen LogP contribution in [0.4, 0.5) is 4.79 Å². The van der Waals surface area contributed by atoms with E-state index in [1.165, 1.54) is 12.1 Å². The van der Waals surface area contributed by atoms with Crippen LogP contribution in [0.25, 0.3) is 11.1 Å². The van der Waals surface area contributed by atoms with E-state index in [2.05, 4.69) is 10.7 Å². The molecule has 0 unspecified atom stereocenters. The van der Waals surface area contributed by atoms with Crippen molar-refractivity contribution < 1.29 is 24.2 Å². The number of nitrogens with two attached hydrogens (primary N) is 1. The summed E-state index contributed by atoms with van der Waals surface area (Å²) in [6, 6.07) is 24.9. The first-order valence-electron chi connectivity index (χ1n) is 12.6. The number of nitrogens with one attached hydrogen (secondary N) is 2. The maximum Gasteiger partial charge on any atom is 0.407 e. The monoisotopic (exact) mass is 532 g/mol. The molecule has 9 heteroatoms. The summed E-state index contributed by atoms with van der Waals surface area (Å²) in [4.78, 5) is 38.1. The molecule has 0 aliphatic carbocycles. The highest BCUT2D eigenvalue weighted by molar-refractivity contribution is 5.87. The van der Waals surface area contributed by atoms with Crippen LogP contribution < -0.4 is 16.5 Å². The Morgan fingerprint density at radius 1 is 0.923 bits per heavy atom. The van der Waals surface area contributed by atoms with Crippen molar-refractivity contribution >= 4 is 17.9 Å².